The molecule has 0 spiro atoms. The Morgan fingerprint density at radius 3 is 2.67 bits per heavy atom. The molecular formula is C12H15ClF2N2O. The second-order valence-corrected chi connectivity index (χ2v) is 4.58. The lowest BCUT2D eigenvalue weighted by Crippen LogP contribution is -2.42. The van der Waals surface area contributed by atoms with Crippen molar-refractivity contribution >= 4 is 11.6 Å². The Kier molecular flexibility index (Phi) is 4.37. The lowest BCUT2D eigenvalue weighted by Gasteiger charge is -2.27. The van der Waals surface area contributed by atoms with Crippen LogP contribution >= 0.6 is 11.6 Å². The fraction of sp³-hybridized carbons (Fsp3) is 0.500. The molecule has 1 saturated heterocycles. The van der Waals surface area contributed by atoms with E-state index in [4.69, 9.17) is 16.3 Å². The fourth-order valence-electron chi connectivity index (χ4n) is 2.08. The van der Waals surface area contributed by atoms with Crippen LogP contribution in [0.15, 0.2) is 6.07 Å². The van der Waals surface area contributed by atoms with Crippen LogP contribution in [0.4, 0.5) is 8.78 Å². The molecule has 1 heterocycles. The highest BCUT2D eigenvalue weighted by atomic mass is 35.5. The Labute approximate surface area is 110 Å². The maximum atomic E-state index is 13.7. The van der Waals surface area contributed by atoms with Crippen LogP contribution in [0.3, 0.4) is 0 Å². The van der Waals surface area contributed by atoms with Gasteiger partial charge in [-0.05, 0) is 6.07 Å². The first-order valence-electron chi connectivity index (χ1n) is 5.77. The molecule has 0 aromatic heterocycles. The molecule has 0 radical (unpaired) electrons. The summed E-state index contributed by atoms with van der Waals surface area (Å²) in [5.74, 6) is -1.55. The molecule has 2 rings (SSSR count). The smallest absolute Gasteiger partial charge is 0.186 e. The molecule has 1 aliphatic rings. The van der Waals surface area contributed by atoms with E-state index >= 15 is 0 Å². The first-order chi connectivity index (χ1) is 8.63. The van der Waals surface area contributed by atoms with Gasteiger partial charge in [0.2, 0.25) is 0 Å². The fourth-order valence-corrected chi connectivity index (χ4v) is 2.22. The largest absolute Gasteiger partial charge is 0.493 e. The maximum absolute atomic E-state index is 13.7. The SMILES string of the molecule is COc1c(CN2CCNCC2)cc(F)c(Cl)c1F. The van der Waals surface area contributed by atoms with Crippen molar-refractivity contribution < 1.29 is 13.5 Å². The number of ether oxygens (including phenoxy) is 1. The molecule has 0 bridgehead atoms. The van der Waals surface area contributed by atoms with Crippen LogP contribution in [0.2, 0.25) is 5.02 Å². The number of piperazine rings is 1. The highest BCUT2D eigenvalue weighted by Gasteiger charge is 2.20. The van der Waals surface area contributed by atoms with Gasteiger partial charge in [0.25, 0.3) is 0 Å². The van der Waals surface area contributed by atoms with E-state index in [0.29, 0.717) is 12.1 Å². The van der Waals surface area contributed by atoms with Gasteiger partial charge in [0.1, 0.15) is 10.8 Å². The summed E-state index contributed by atoms with van der Waals surface area (Å²) in [6.07, 6.45) is 0. The molecule has 1 aromatic rings. The van der Waals surface area contributed by atoms with E-state index in [1.807, 2.05) is 0 Å². The van der Waals surface area contributed by atoms with Gasteiger partial charge < -0.3 is 10.1 Å². The third-order valence-corrected chi connectivity index (χ3v) is 3.35. The van der Waals surface area contributed by atoms with Crippen LogP contribution in [0.1, 0.15) is 5.56 Å². The second-order valence-electron chi connectivity index (χ2n) is 4.20. The van der Waals surface area contributed by atoms with Crippen LogP contribution in [0, 0.1) is 11.6 Å². The molecule has 6 heteroatoms. The topological polar surface area (TPSA) is 24.5 Å². The molecule has 100 valence electrons. The molecule has 1 aliphatic heterocycles. The van der Waals surface area contributed by atoms with Crippen molar-refractivity contribution in [2.24, 2.45) is 0 Å². The van der Waals surface area contributed by atoms with Crippen molar-refractivity contribution in [2.75, 3.05) is 33.3 Å². The van der Waals surface area contributed by atoms with E-state index in [-0.39, 0.29) is 5.75 Å². The zero-order chi connectivity index (χ0) is 13.1. The van der Waals surface area contributed by atoms with Crippen LogP contribution in [-0.2, 0) is 6.54 Å². The van der Waals surface area contributed by atoms with Gasteiger partial charge in [-0.25, -0.2) is 8.78 Å². The number of benzene rings is 1. The first-order valence-corrected chi connectivity index (χ1v) is 6.14. The van der Waals surface area contributed by atoms with E-state index < -0.39 is 16.7 Å². The van der Waals surface area contributed by atoms with Gasteiger partial charge in [0.05, 0.1) is 7.11 Å². The summed E-state index contributed by atoms with van der Waals surface area (Å²) >= 11 is 5.52. The summed E-state index contributed by atoms with van der Waals surface area (Å²) in [5, 5.41) is 2.70. The van der Waals surface area contributed by atoms with Crippen LogP contribution in [0.5, 0.6) is 5.75 Å². The van der Waals surface area contributed by atoms with Crippen molar-refractivity contribution in [3.63, 3.8) is 0 Å². The molecule has 1 aromatic carbocycles. The Morgan fingerprint density at radius 2 is 2.06 bits per heavy atom. The number of hydrogen-bond donors (Lipinski definition) is 1. The molecule has 3 nitrogen and oxygen atoms in total. The third kappa shape index (κ3) is 2.74. The van der Waals surface area contributed by atoms with Crippen LogP contribution < -0.4 is 10.1 Å². The van der Waals surface area contributed by atoms with Crippen LogP contribution in [0.25, 0.3) is 0 Å². The van der Waals surface area contributed by atoms with Gasteiger partial charge in [-0.1, -0.05) is 11.6 Å². The molecule has 0 saturated carbocycles. The Bertz CT molecular complexity index is 437. The summed E-state index contributed by atoms with van der Waals surface area (Å²) in [6, 6.07) is 1.24. The van der Waals surface area contributed by atoms with Gasteiger partial charge >= 0.3 is 0 Å². The molecule has 0 aliphatic carbocycles. The lowest BCUT2D eigenvalue weighted by molar-refractivity contribution is 0.229. The van der Waals surface area contributed by atoms with E-state index in [2.05, 4.69) is 10.2 Å². The summed E-state index contributed by atoms with van der Waals surface area (Å²) in [7, 11) is 1.36. The number of methoxy groups -OCH3 is 1. The summed E-state index contributed by atoms with van der Waals surface area (Å²) < 4.78 is 32.2. The molecule has 1 fully saturated rings. The molecule has 1 N–H and O–H groups in total. The monoisotopic (exact) mass is 276 g/mol. The van der Waals surface area contributed by atoms with Gasteiger partial charge in [-0.15, -0.1) is 0 Å². The van der Waals surface area contributed by atoms with Gasteiger partial charge in [-0.3, -0.25) is 4.90 Å². The van der Waals surface area contributed by atoms with E-state index in [1.165, 1.54) is 13.2 Å². The van der Waals surface area contributed by atoms with Crippen molar-refractivity contribution in [2.45, 2.75) is 6.54 Å². The highest BCUT2D eigenvalue weighted by molar-refractivity contribution is 6.31. The van der Waals surface area contributed by atoms with Gasteiger partial charge in [0.15, 0.2) is 11.6 Å². The van der Waals surface area contributed by atoms with Gasteiger partial charge in [0, 0.05) is 38.3 Å². The molecule has 0 atom stereocenters. The quantitative estimate of drug-likeness (QED) is 0.855. The standard InChI is InChI=1S/C12H15ClF2N2O/c1-18-12-8(6-9(14)10(13)11(12)15)7-17-4-2-16-3-5-17/h6,16H,2-5,7H2,1H3. The normalized spacial score (nSPS) is 16.9. The van der Waals surface area contributed by atoms with Crippen molar-refractivity contribution in [1.29, 1.82) is 0 Å². The molecule has 18 heavy (non-hydrogen) atoms. The van der Waals surface area contributed by atoms with E-state index in [9.17, 15) is 8.78 Å². The average molecular weight is 277 g/mol. The van der Waals surface area contributed by atoms with Crippen molar-refractivity contribution in [3.05, 3.63) is 28.3 Å². The summed E-state index contributed by atoms with van der Waals surface area (Å²) in [6.45, 7) is 3.89. The summed E-state index contributed by atoms with van der Waals surface area (Å²) in [4.78, 5) is 2.11. The minimum atomic E-state index is -0.829. The molecule has 0 unspecified atom stereocenters. The zero-order valence-corrected chi connectivity index (χ0v) is 10.9. The van der Waals surface area contributed by atoms with Gasteiger partial charge in [-0.2, -0.15) is 0 Å². The molecule has 0 amide bonds. The number of halogens is 3. The van der Waals surface area contributed by atoms with Crippen LogP contribution in [-0.4, -0.2) is 38.2 Å². The lowest BCUT2D eigenvalue weighted by atomic mass is 10.1. The Morgan fingerprint density at radius 1 is 1.39 bits per heavy atom. The van der Waals surface area contributed by atoms with Crippen molar-refractivity contribution in [1.82, 2.24) is 10.2 Å². The number of nitrogens with one attached hydrogen (secondary N) is 1. The number of rotatable bonds is 3. The number of hydrogen-bond acceptors (Lipinski definition) is 3. The highest BCUT2D eigenvalue weighted by Crippen LogP contribution is 2.32. The summed E-state index contributed by atoms with van der Waals surface area (Å²) in [5.41, 5.74) is 0.485. The molecular weight excluding hydrogens is 262 g/mol. The third-order valence-electron chi connectivity index (χ3n) is 3.00. The first kappa shape index (κ1) is 13.5. The number of nitrogens with zero attached hydrogens (tertiary/aromatic N) is 1. The van der Waals surface area contributed by atoms with E-state index in [0.717, 1.165) is 26.2 Å². The predicted molar refractivity (Wildman–Crippen MR) is 66.1 cm³/mol. The predicted octanol–water partition coefficient (Wildman–Crippen LogP) is 2.03. The Balaban J connectivity index is 2.25. The maximum Gasteiger partial charge on any atom is 0.186 e. The van der Waals surface area contributed by atoms with E-state index in [1.54, 1.807) is 0 Å². The van der Waals surface area contributed by atoms with Crippen molar-refractivity contribution in [3.8, 4) is 5.75 Å². The second kappa shape index (κ2) is 5.82. The zero-order valence-electron chi connectivity index (χ0n) is 10.1. The average Bonchev–Trinajstić information content (AvgIpc) is 2.38. The minimum absolute atomic E-state index is 0.0277. The minimum Gasteiger partial charge on any atom is -0.493 e. The Hall–Kier alpha value is -0.910.